The van der Waals surface area contributed by atoms with Gasteiger partial charge in [-0.05, 0) is 12.1 Å². The lowest BCUT2D eigenvalue weighted by Crippen LogP contribution is -2.10. The predicted octanol–water partition coefficient (Wildman–Crippen LogP) is 3.30. The first-order valence-electron chi connectivity index (χ1n) is 8.22. The summed E-state index contributed by atoms with van der Waals surface area (Å²) in [4.78, 5) is 34.2. The molecule has 0 bridgehead atoms. The van der Waals surface area contributed by atoms with Crippen molar-refractivity contribution in [3.05, 3.63) is 90.8 Å². The second-order valence-electron chi connectivity index (χ2n) is 5.58. The third-order valence-electron chi connectivity index (χ3n) is 3.76. The van der Waals surface area contributed by atoms with Crippen molar-refractivity contribution in [3.63, 3.8) is 0 Å². The number of ketones is 1. The monoisotopic (exact) mass is 354 g/mol. The largest absolute Gasteiger partial charge is 0.322 e. The van der Waals surface area contributed by atoms with Gasteiger partial charge in [-0.1, -0.05) is 36.4 Å². The second kappa shape index (κ2) is 7.49. The molecule has 0 unspecified atom stereocenters. The van der Waals surface area contributed by atoms with Crippen molar-refractivity contribution in [3.8, 4) is 11.4 Å². The van der Waals surface area contributed by atoms with E-state index in [2.05, 4.69) is 30.2 Å². The molecule has 0 radical (unpaired) electrons. The highest BCUT2D eigenvalue weighted by atomic mass is 16.1. The van der Waals surface area contributed by atoms with Gasteiger partial charge in [-0.2, -0.15) is 0 Å². The highest BCUT2D eigenvalue weighted by molar-refractivity contribution is 6.10. The lowest BCUT2D eigenvalue weighted by Gasteiger charge is -2.09. The van der Waals surface area contributed by atoms with Gasteiger partial charge in [0.1, 0.15) is 5.69 Å². The van der Waals surface area contributed by atoms with Crippen molar-refractivity contribution in [1.82, 2.24) is 24.9 Å². The zero-order chi connectivity index (χ0) is 18.5. The van der Waals surface area contributed by atoms with Crippen molar-refractivity contribution in [1.29, 1.82) is 0 Å². The molecule has 0 spiro atoms. The Balaban J connectivity index is 1.65. The Bertz CT molecular complexity index is 1070. The smallest absolute Gasteiger partial charge is 0.215 e. The van der Waals surface area contributed by atoms with E-state index < -0.39 is 0 Å². The van der Waals surface area contributed by atoms with Crippen molar-refractivity contribution < 1.29 is 4.79 Å². The molecule has 0 amide bonds. The fourth-order valence-corrected chi connectivity index (χ4v) is 2.51. The van der Waals surface area contributed by atoms with Crippen LogP contribution in [0.3, 0.4) is 0 Å². The number of carbonyl (C=O) groups is 1. The Morgan fingerprint density at radius 2 is 1.59 bits per heavy atom. The minimum atomic E-state index is -0.222. The van der Waals surface area contributed by atoms with Crippen molar-refractivity contribution in [2.24, 2.45) is 0 Å². The number of nitrogens with zero attached hydrogens (tertiary/aromatic N) is 5. The van der Waals surface area contributed by atoms with E-state index in [0.29, 0.717) is 28.6 Å². The molecule has 0 aliphatic rings. The van der Waals surface area contributed by atoms with Crippen LogP contribution in [0.4, 0.5) is 11.6 Å². The van der Waals surface area contributed by atoms with Crippen LogP contribution in [0.25, 0.3) is 11.4 Å². The van der Waals surface area contributed by atoms with Gasteiger partial charge in [0.2, 0.25) is 5.78 Å². The first-order chi connectivity index (χ1) is 13.3. The Kier molecular flexibility index (Phi) is 4.57. The van der Waals surface area contributed by atoms with Crippen LogP contribution in [0.1, 0.15) is 16.1 Å². The van der Waals surface area contributed by atoms with Gasteiger partial charge in [-0.25, -0.2) is 15.0 Å². The molecular weight excluding hydrogens is 340 g/mol. The average Bonchev–Trinajstić information content (AvgIpc) is 2.75. The van der Waals surface area contributed by atoms with Gasteiger partial charge in [0.05, 0.1) is 18.1 Å². The number of carbonyl (C=O) groups excluding carboxylic acids is 1. The molecule has 3 aromatic heterocycles. The summed E-state index contributed by atoms with van der Waals surface area (Å²) >= 11 is 0. The molecule has 7 nitrogen and oxygen atoms in total. The van der Waals surface area contributed by atoms with Crippen LogP contribution in [0.15, 0.2) is 79.5 Å². The Morgan fingerprint density at radius 3 is 2.41 bits per heavy atom. The summed E-state index contributed by atoms with van der Waals surface area (Å²) in [5.41, 5.74) is 2.07. The Hall–Kier alpha value is -4.00. The molecule has 4 rings (SSSR count). The van der Waals surface area contributed by atoms with E-state index in [0.717, 1.165) is 0 Å². The molecule has 0 fully saturated rings. The van der Waals surface area contributed by atoms with Gasteiger partial charge < -0.3 is 5.32 Å². The zero-order valence-electron chi connectivity index (χ0n) is 14.1. The van der Waals surface area contributed by atoms with Crippen molar-refractivity contribution >= 4 is 17.4 Å². The number of aromatic nitrogens is 5. The van der Waals surface area contributed by atoms with Crippen molar-refractivity contribution in [2.45, 2.75) is 0 Å². The molecule has 1 aromatic carbocycles. The molecule has 130 valence electrons. The molecule has 3 heterocycles. The molecule has 27 heavy (non-hydrogen) atoms. The Labute approximate surface area is 155 Å². The van der Waals surface area contributed by atoms with Crippen LogP contribution < -0.4 is 5.32 Å². The van der Waals surface area contributed by atoms with E-state index in [1.807, 2.05) is 24.3 Å². The van der Waals surface area contributed by atoms with Crippen LogP contribution in [0.2, 0.25) is 0 Å². The highest BCUT2D eigenvalue weighted by Crippen LogP contribution is 2.20. The standard InChI is InChI=1S/C20H14N6O/c27-19(14-6-2-1-3-7-14)18-20(24-11-10-23-18)26-17-13-21-12-16(25-17)15-8-4-5-9-22-15/h1-13H,(H,24,25,26). The maximum Gasteiger partial charge on any atom is 0.215 e. The molecule has 0 atom stereocenters. The summed E-state index contributed by atoms with van der Waals surface area (Å²) in [5.74, 6) is 0.541. The molecule has 0 saturated heterocycles. The van der Waals surface area contributed by atoms with Gasteiger partial charge in [0.15, 0.2) is 17.3 Å². The average molecular weight is 354 g/mol. The van der Waals surface area contributed by atoms with E-state index in [1.165, 1.54) is 12.4 Å². The number of benzene rings is 1. The maximum atomic E-state index is 12.8. The lowest BCUT2D eigenvalue weighted by atomic mass is 10.1. The van der Waals surface area contributed by atoms with Crippen LogP contribution in [-0.2, 0) is 0 Å². The number of hydrogen-bond acceptors (Lipinski definition) is 7. The number of rotatable bonds is 5. The lowest BCUT2D eigenvalue weighted by molar-refractivity contribution is 0.103. The van der Waals surface area contributed by atoms with E-state index in [9.17, 15) is 4.79 Å². The molecular formula is C20H14N6O. The first kappa shape index (κ1) is 16.5. The maximum absolute atomic E-state index is 12.8. The first-order valence-corrected chi connectivity index (χ1v) is 8.22. The van der Waals surface area contributed by atoms with Crippen LogP contribution >= 0.6 is 0 Å². The predicted molar refractivity (Wildman–Crippen MR) is 100 cm³/mol. The molecule has 0 aliphatic carbocycles. The molecule has 1 N–H and O–H groups in total. The fourth-order valence-electron chi connectivity index (χ4n) is 2.51. The summed E-state index contributed by atoms with van der Waals surface area (Å²) < 4.78 is 0. The summed E-state index contributed by atoms with van der Waals surface area (Å²) in [5, 5.41) is 3.04. The van der Waals surface area contributed by atoms with Gasteiger partial charge in [0.25, 0.3) is 0 Å². The third-order valence-corrected chi connectivity index (χ3v) is 3.76. The Morgan fingerprint density at radius 1 is 0.778 bits per heavy atom. The number of pyridine rings is 1. The number of anilines is 2. The number of hydrogen-bond donors (Lipinski definition) is 1. The van der Waals surface area contributed by atoms with Crippen molar-refractivity contribution in [2.75, 3.05) is 5.32 Å². The van der Waals surface area contributed by atoms with E-state index in [4.69, 9.17) is 0 Å². The SMILES string of the molecule is O=C(c1ccccc1)c1nccnc1Nc1cncc(-c2ccccn2)n1. The quantitative estimate of drug-likeness (QED) is 0.550. The molecule has 0 aliphatic heterocycles. The molecule has 4 aromatic rings. The third kappa shape index (κ3) is 3.67. The van der Waals surface area contributed by atoms with Crippen LogP contribution in [0.5, 0.6) is 0 Å². The van der Waals surface area contributed by atoms with Crippen LogP contribution in [-0.4, -0.2) is 30.7 Å². The van der Waals surface area contributed by atoms with Gasteiger partial charge in [-0.15, -0.1) is 0 Å². The van der Waals surface area contributed by atoms with E-state index >= 15 is 0 Å². The normalized spacial score (nSPS) is 10.4. The minimum absolute atomic E-state index is 0.216. The zero-order valence-corrected chi connectivity index (χ0v) is 14.1. The van der Waals surface area contributed by atoms with Gasteiger partial charge in [-0.3, -0.25) is 14.8 Å². The summed E-state index contributed by atoms with van der Waals surface area (Å²) in [6.07, 6.45) is 7.87. The molecule has 0 saturated carbocycles. The van der Waals surface area contributed by atoms with Gasteiger partial charge in [0, 0.05) is 24.2 Å². The minimum Gasteiger partial charge on any atom is -0.322 e. The summed E-state index contributed by atoms with van der Waals surface area (Å²) in [7, 11) is 0. The topological polar surface area (TPSA) is 93.6 Å². The van der Waals surface area contributed by atoms with Gasteiger partial charge >= 0.3 is 0 Å². The fraction of sp³-hybridized carbons (Fsp3) is 0. The molecule has 7 heteroatoms. The van der Waals surface area contributed by atoms with Crippen LogP contribution in [0, 0.1) is 0 Å². The van der Waals surface area contributed by atoms with E-state index in [-0.39, 0.29) is 11.5 Å². The second-order valence-corrected chi connectivity index (χ2v) is 5.58. The highest BCUT2D eigenvalue weighted by Gasteiger charge is 2.17. The number of nitrogens with one attached hydrogen (secondary N) is 1. The van der Waals surface area contributed by atoms with E-state index in [1.54, 1.807) is 42.9 Å². The summed E-state index contributed by atoms with van der Waals surface area (Å²) in [6.45, 7) is 0. The summed E-state index contributed by atoms with van der Waals surface area (Å²) in [6, 6.07) is 14.5.